The van der Waals surface area contributed by atoms with Crippen LogP contribution in [0, 0.1) is 11.3 Å². The second kappa shape index (κ2) is 5.74. The number of hydrogen-bond acceptors (Lipinski definition) is 3. The third-order valence-corrected chi connectivity index (χ3v) is 1.79. The highest BCUT2D eigenvalue weighted by atomic mass is 16.5. The third kappa shape index (κ3) is 3.75. The lowest BCUT2D eigenvalue weighted by atomic mass is 10.1. The molecule has 0 bridgehead atoms. The van der Waals surface area contributed by atoms with Crippen molar-refractivity contribution < 1.29 is 9.53 Å². The fourth-order valence-corrected chi connectivity index (χ4v) is 1.05. The molecular formula is C12H11NO2. The zero-order valence-corrected chi connectivity index (χ0v) is 8.43. The van der Waals surface area contributed by atoms with Crippen molar-refractivity contribution in [2.45, 2.75) is 0 Å². The average Bonchev–Trinajstić information content (AvgIpc) is 2.27. The highest BCUT2D eigenvalue weighted by Gasteiger charge is 1.94. The Labute approximate surface area is 88.6 Å². The van der Waals surface area contributed by atoms with E-state index in [0.717, 1.165) is 5.56 Å². The molecule has 1 aromatic rings. The Hall–Kier alpha value is -1.92. The summed E-state index contributed by atoms with van der Waals surface area (Å²) in [4.78, 5) is 11.1. The maximum absolute atomic E-state index is 11.1. The number of nitriles is 1. The molecule has 0 atom stereocenters. The number of benzene rings is 1. The Morgan fingerprint density at radius 2 is 2.13 bits per heavy atom. The molecule has 0 fully saturated rings. The van der Waals surface area contributed by atoms with E-state index >= 15 is 0 Å². The lowest BCUT2D eigenvalue weighted by Gasteiger charge is -1.93. The Balaban J connectivity index is 2.65. The van der Waals surface area contributed by atoms with Crippen LogP contribution in [0.3, 0.4) is 0 Å². The first-order valence-electron chi connectivity index (χ1n) is 4.46. The van der Waals surface area contributed by atoms with Crippen molar-refractivity contribution in [2.75, 3.05) is 13.7 Å². The molecule has 0 unspecified atom stereocenters. The summed E-state index contributed by atoms with van der Waals surface area (Å²) >= 11 is 0. The first-order valence-corrected chi connectivity index (χ1v) is 4.46. The molecule has 3 nitrogen and oxygen atoms in total. The van der Waals surface area contributed by atoms with Gasteiger partial charge in [-0.25, -0.2) is 0 Å². The predicted octanol–water partition coefficient (Wildman–Crippen LogP) is 1.79. The number of hydrogen-bond donors (Lipinski definition) is 0. The standard InChI is InChI=1S/C12H11NO2/c1-15-9-12(14)7-6-10-2-4-11(8-13)5-3-10/h2-7H,9H2,1H3/b7-6+. The van der Waals surface area contributed by atoms with Gasteiger partial charge in [0, 0.05) is 7.11 Å². The summed E-state index contributed by atoms with van der Waals surface area (Å²) < 4.78 is 4.68. The van der Waals surface area contributed by atoms with Gasteiger partial charge in [0.05, 0.1) is 11.6 Å². The molecule has 0 aliphatic carbocycles. The number of nitrogens with zero attached hydrogens (tertiary/aromatic N) is 1. The average molecular weight is 201 g/mol. The molecule has 0 spiro atoms. The first-order chi connectivity index (χ1) is 7.26. The first kappa shape index (κ1) is 11.2. The van der Waals surface area contributed by atoms with Crippen molar-refractivity contribution >= 4 is 11.9 Å². The Morgan fingerprint density at radius 1 is 1.47 bits per heavy atom. The van der Waals surface area contributed by atoms with E-state index in [2.05, 4.69) is 4.74 Å². The van der Waals surface area contributed by atoms with Gasteiger partial charge in [0.25, 0.3) is 0 Å². The lowest BCUT2D eigenvalue weighted by Crippen LogP contribution is -2.01. The van der Waals surface area contributed by atoms with Gasteiger partial charge in [-0.2, -0.15) is 5.26 Å². The fourth-order valence-electron chi connectivity index (χ4n) is 1.05. The molecule has 0 aromatic heterocycles. The van der Waals surface area contributed by atoms with E-state index in [0.29, 0.717) is 5.56 Å². The molecule has 3 heteroatoms. The van der Waals surface area contributed by atoms with Gasteiger partial charge >= 0.3 is 0 Å². The van der Waals surface area contributed by atoms with Gasteiger partial charge in [-0.15, -0.1) is 0 Å². The number of rotatable bonds is 4. The fraction of sp³-hybridized carbons (Fsp3) is 0.167. The van der Waals surface area contributed by atoms with Gasteiger partial charge in [-0.3, -0.25) is 4.79 Å². The molecule has 76 valence electrons. The van der Waals surface area contributed by atoms with Crippen LogP contribution in [0.4, 0.5) is 0 Å². The zero-order valence-electron chi connectivity index (χ0n) is 8.43. The van der Waals surface area contributed by atoms with Crippen LogP contribution < -0.4 is 0 Å². The predicted molar refractivity (Wildman–Crippen MR) is 57.1 cm³/mol. The maximum Gasteiger partial charge on any atom is 0.181 e. The molecule has 0 heterocycles. The van der Waals surface area contributed by atoms with Crippen LogP contribution in [0.25, 0.3) is 6.08 Å². The van der Waals surface area contributed by atoms with Crippen LogP contribution in [-0.4, -0.2) is 19.5 Å². The molecule has 0 aliphatic rings. The Kier molecular flexibility index (Phi) is 4.27. The minimum atomic E-state index is -0.0816. The van der Waals surface area contributed by atoms with Crippen molar-refractivity contribution in [2.24, 2.45) is 0 Å². The molecule has 0 saturated heterocycles. The Morgan fingerprint density at radius 3 is 2.67 bits per heavy atom. The smallest absolute Gasteiger partial charge is 0.181 e. The highest BCUT2D eigenvalue weighted by Crippen LogP contribution is 2.05. The van der Waals surface area contributed by atoms with E-state index in [1.54, 1.807) is 30.3 Å². The van der Waals surface area contributed by atoms with Crippen LogP contribution in [-0.2, 0) is 9.53 Å². The lowest BCUT2D eigenvalue weighted by molar-refractivity contribution is -0.117. The van der Waals surface area contributed by atoms with Crippen LogP contribution in [0.2, 0.25) is 0 Å². The summed E-state index contributed by atoms with van der Waals surface area (Å²) in [5, 5.41) is 8.58. The number of methoxy groups -OCH3 is 1. The van der Waals surface area contributed by atoms with Crippen molar-refractivity contribution in [3.8, 4) is 6.07 Å². The molecule has 15 heavy (non-hydrogen) atoms. The minimum Gasteiger partial charge on any atom is -0.377 e. The second-order valence-electron chi connectivity index (χ2n) is 2.97. The van der Waals surface area contributed by atoms with Crippen LogP contribution in [0.5, 0.6) is 0 Å². The van der Waals surface area contributed by atoms with E-state index in [4.69, 9.17) is 5.26 Å². The monoisotopic (exact) mass is 201 g/mol. The van der Waals surface area contributed by atoms with Crippen molar-refractivity contribution in [3.63, 3.8) is 0 Å². The quantitative estimate of drug-likeness (QED) is 0.698. The van der Waals surface area contributed by atoms with E-state index in [-0.39, 0.29) is 12.4 Å². The molecule has 0 radical (unpaired) electrons. The van der Waals surface area contributed by atoms with Crippen molar-refractivity contribution in [3.05, 3.63) is 41.5 Å². The third-order valence-electron chi connectivity index (χ3n) is 1.79. The summed E-state index contributed by atoms with van der Waals surface area (Å²) in [6.07, 6.45) is 3.16. The largest absolute Gasteiger partial charge is 0.377 e. The molecule has 0 saturated carbocycles. The normalized spacial score (nSPS) is 10.1. The highest BCUT2D eigenvalue weighted by molar-refractivity contribution is 5.94. The van der Waals surface area contributed by atoms with Crippen molar-refractivity contribution in [1.29, 1.82) is 5.26 Å². The van der Waals surface area contributed by atoms with Crippen LogP contribution >= 0.6 is 0 Å². The second-order valence-corrected chi connectivity index (χ2v) is 2.97. The maximum atomic E-state index is 11.1. The summed E-state index contributed by atoms with van der Waals surface area (Å²) in [5.41, 5.74) is 1.49. The van der Waals surface area contributed by atoms with Gasteiger partial charge in [0.1, 0.15) is 6.61 Å². The molecule has 1 aromatic carbocycles. The summed E-state index contributed by atoms with van der Waals surface area (Å²) in [6, 6.07) is 9.02. The summed E-state index contributed by atoms with van der Waals surface area (Å²) in [7, 11) is 1.48. The molecular weight excluding hydrogens is 190 g/mol. The van der Waals surface area contributed by atoms with Gasteiger partial charge < -0.3 is 4.74 Å². The van der Waals surface area contributed by atoms with Crippen LogP contribution in [0.1, 0.15) is 11.1 Å². The minimum absolute atomic E-state index is 0.0816. The number of carbonyl (C=O) groups is 1. The topological polar surface area (TPSA) is 50.1 Å². The van der Waals surface area contributed by atoms with Gasteiger partial charge in [-0.1, -0.05) is 18.2 Å². The van der Waals surface area contributed by atoms with Gasteiger partial charge in [-0.05, 0) is 23.8 Å². The van der Waals surface area contributed by atoms with Gasteiger partial charge in [0.2, 0.25) is 0 Å². The zero-order chi connectivity index (χ0) is 11.1. The summed E-state index contributed by atoms with van der Waals surface area (Å²) in [6.45, 7) is 0.0901. The number of carbonyl (C=O) groups excluding carboxylic acids is 1. The number of ketones is 1. The Bertz CT molecular complexity index is 399. The molecule has 0 N–H and O–H groups in total. The van der Waals surface area contributed by atoms with E-state index in [9.17, 15) is 4.79 Å². The summed E-state index contributed by atoms with van der Waals surface area (Å²) in [5.74, 6) is -0.0816. The molecule has 1 rings (SSSR count). The van der Waals surface area contributed by atoms with Gasteiger partial charge in [0.15, 0.2) is 5.78 Å². The van der Waals surface area contributed by atoms with E-state index < -0.39 is 0 Å². The van der Waals surface area contributed by atoms with Crippen molar-refractivity contribution in [1.82, 2.24) is 0 Å². The SMILES string of the molecule is COCC(=O)/C=C/c1ccc(C#N)cc1. The van der Waals surface area contributed by atoms with E-state index in [1.807, 2.05) is 6.07 Å². The molecule has 0 amide bonds. The van der Waals surface area contributed by atoms with Crippen LogP contribution in [0.15, 0.2) is 30.3 Å². The molecule has 0 aliphatic heterocycles. The van der Waals surface area contributed by atoms with E-state index in [1.165, 1.54) is 13.2 Å². The number of ether oxygens (including phenoxy) is 1.